The largest absolute Gasteiger partial charge is 0.391 e. The van der Waals surface area contributed by atoms with Crippen LogP contribution in [0.1, 0.15) is 31.7 Å². The van der Waals surface area contributed by atoms with Crippen LogP contribution < -0.4 is 15.1 Å². The van der Waals surface area contributed by atoms with Crippen molar-refractivity contribution in [3.63, 3.8) is 0 Å². The third kappa shape index (κ3) is 5.38. The summed E-state index contributed by atoms with van der Waals surface area (Å²) in [7, 11) is 0. The summed E-state index contributed by atoms with van der Waals surface area (Å²) in [6, 6.07) is 10.3. The van der Waals surface area contributed by atoms with Gasteiger partial charge in [0.2, 0.25) is 0 Å². The lowest BCUT2D eigenvalue weighted by Crippen LogP contribution is -2.37. The number of rotatable bonds is 5. The number of nitrogens with zero attached hydrogens (tertiary/aromatic N) is 4. The fourth-order valence-electron chi connectivity index (χ4n) is 5.29. The highest BCUT2D eigenvalue weighted by Gasteiger charge is 2.26. The summed E-state index contributed by atoms with van der Waals surface area (Å²) < 4.78 is 5.55. The van der Waals surface area contributed by atoms with Crippen molar-refractivity contribution < 1.29 is 14.6 Å². The molecule has 0 aliphatic carbocycles. The van der Waals surface area contributed by atoms with Gasteiger partial charge in [0.05, 0.1) is 19.3 Å². The van der Waals surface area contributed by atoms with E-state index in [1.54, 1.807) is 0 Å². The Labute approximate surface area is 207 Å². The van der Waals surface area contributed by atoms with Crippen molar-refractivity contribution in [1.82, 2.24) is 9.88 Å². The normalized spacial score (nSPS) is 22.7. The second-order valence-electron chi connectivity index (χ2n) is 10.0. The van der Waals surface area contributed by atoms with Gasteiger partial charge in [0, 0.05) is 45.0 Å². The maximum atomic E-state index is 12.9. The van der Waals surface area contributed by atoms with Gasteiger partial charge < -0.3 is 29.9 Å². The zero-order valence-electron chi connectivity index (χ0n) is 20.9. The Bertz CT molecular complexity index is 1030. The van der Waals surface area contributed by atoms with Gasteiger partial charge >= 0.3 is 6.03 Å². The summed E-state index contributed by atoms with van der Waals surface area (Å²) >= 11 is 0. The number of pyridine rings is 1. The molecule has 2 atom stereocenters. The second kappa shape index (κ2) is 10.4. The highest BCUT2D eigenvalue weighted by molar-refractivity contribution is 5.91. The predicted octanol–water partition coefficient (Wildman–Crippen LogP) is 3.73. The van der Waals surface area contributed by atoms with Crippen LogP contribution in [0.4, 0.5) is 22.1 Å². The van der Waals surface area contributed by atoms with Gasteiger partial charge in [-0.25, -0.2) is 9.78 Å². The van der Waals surface area contributed by atoms with Crippen molar-refractivity contribution in [1.29, 1.82) is 0 Å². The lowest BCUT2D eigenvalue weighted by Gasteiger charge is -2.29. The zero-order valence-corrected chi connectivity index (χ0v) is 20.9. The molecule has 5 rings (SSSR count). The number of hydrogen-bond acceptors (Lipinski definition) is 6. The van der Waals surface area contributed by atoms with Crippen molar-refractivity contribution in [3.05, 3.63) is 35.9 Å². The van der Waals surface area contributed by atoms with Gasteiger partial charge in [0.15, 0.2) is 0 Å². The SMILES string of the molecule is CC[C@@H]1CCN(C(=O)Nc2ccc(C)c(-c3cc(N4CCOCC4)nc(N4CC[C@H](O)C4)c3)c2)C1. The van der Waals surface area contributed by atoms with E-state index in [1.165, 1.54) is 0 Å². The molecule has 188 valence electrons. The zero-order chi connectivity index (χ0) is 24.4. The Balaban J connectivity index is 1.44. The quantitative estimate of drug-likeness (QED) is 0.680. The number of aryl methyl sites for hydroxylation is 1. The van der Waals surface area contributed by atoms with E-state index in [1.807, 2.05) is 11.0 Å². The molecule has 3 aliphatic heterocycles. The fraction of sp³-hybridized carbons (Fsp3) is 0.556. The van der Waals surface area contributed by atoms with E-state index < -0.39 is 0 Å². The molecule has 3 aliphatic rings. The first-order valence-electron chi connectivity index (χ1n) is 12.9. The summed E-state index contributed by atoms with van der Waals surface area (Å²) in [6.45, 7) is 10.3. The Morgan fingerprint density at radius 3 is 2.51 bits per heavy atom. The monoisotopic (exact) mass is 479 g/mol. The van der Waals surface area contributed by atoms with Crippen LogP contribution in [0.15, 0.2) is 30.3 Å². The Hall–Kier alpha value is -2.84. The van der Waals surface area contributed by atoms with E-state index >= 15 is 0 Å². The number of amides is 2. The van der Waals surface area contributed by atoms with Crippen LogP contribution in [0.3, 0.4) is 0 Å². The molecule has 2 N–H and O–H groups in total. The van der Waals surface area contributed by atoms with Crippen LogP contribution >= 0.6 is 0 Å². The molecule has 4 heterocycles. The minimum absolute atomic E-state index is 0.0220. The molecule has 3 saturated heterocycles. The summed E-state index contributed by atoms with van der Waals surface area (Å²) in [5.41, 5.74) is 4.09. The van der Waals surface area contributed by atoms with Gasteiger partial charge in [0.25, 0.3) is 0 Å². The molecule has 0 spiro atoms. The molecule has 0 unspecified atom stereocenters. The summed E-state index contributed by atoms with van der Waals surface area (Å²) in [6.07, 6.45) is 2.64. The van der Waals surface area contributed by atoms with Crippen LogP contribution in [0.5, 0.6) is 0 Å². The van der Waals surface area contributed by atoms with Crippen LogP contribution in [0, 0.1) is 12.8 Å². The topological polar surface area (TPSA) is 81.2 Å². The number of urea groups is 1. The molecule has 1 aromatic carbocycles. The molecule has 2 amide bonds. The van der Waals surface area contributed by atoms with Crippen molar-refractivity contribution in [2.75, 3.05) is 67.6 Å². The number of morpholine rings is 1. The number of carbonyl (C=O) groups is 1. The number of hydrogen-bond donors (Lipinski definition) is 2. The Kier molecular flexibility index (Phi) is 7.11. The molecule has 8 heteroatoms. The second-order valence-corrected chi connectivity index (χ2v) is 10.0. The molecule has 35 heavy (non-hydrogen) atoms. The average Bonchev–Trinajstić information content (AvgIpc) is 3.55. The molecule has 3 fully saturated rings. The van der Waals surface area contributed by atoms with E-state index in [0.717, 1.165) is 86.0 Å². The molecular formula is C27H37N5O3. The fourth-order valence-corrected chi connectivity index (χ4v) is 5.29. The third-order valence-electron chi connectivity index (χ3n) is 7.57. The average molecular weight is 480 g/mol. The van der Waals surface area contributed by atoms with Gasteiger partial charge in [-0.1, -0.05) is 19.4 Å². The number of β-amino-alcohol motifs (C(OH)–C–C–N with tert-alkyl or cyclic N) is 1. The van der Waals surface area contributed by atoms with Crippen molar-refractivity contribution in [2.45, 2.75) is 39.2 Å². The van der Waals surface area contributed by atoms with Gasteiger partial charge in [-0.15, -0.1) is 0 Å². The molecule has 2 aromatic rings. The van der Waals surface area contributed by atoms with E-state index in [4.69, 9.17) is 9.72 Å². The van der Waals surface area contributed by atoms with E-state index in [9.17, 15) is 9.90 Å². The minimum Gasteiger partial charge on any atom is -0.391 e. The highest BCUT2D eigenvalue weighted by Crippen LogP contribution is 2.33. The van der Waals surface area contributed by atoms with Gasteiger partial charge in [-0.05, 0) is 66.6 Å². The number of benzene rings is 1. The Morgan fingerprint density at radius 2 is 1.83 bits per heavy atom. The van der Waals surface area contributed by atoms with E-state index in [-0.39, 0.29) is 12.1 Å². The van der Waals surface area contributed by atoms with Gasteiger partial charge in [-0.3, -0.25) is 0 Å². The predicted molar refractivity (Wildman–Crippen MR) is 139 cm³/mol. The number of anilines is 3. The molecule has 1 aromatic heterocycles. The smallest absolute Gasteiger partial charge is 0.321 e. The number of ether oxygens (including phenoxy) is 1. The number of aromatic nitrogens is 1. The van der Waals surface area contributed by atoms with Crippen LogP contribution in [-0.4, -0.2) is 79.6 Å². The van der Waals surface area contributed by atoms with Crippen molar-refractivity contribution in [3.8, 4) is 11.1 Å². The van der Waals surface area contributed by atoms with Crippen LogP contribution in [0.25, 0.3) is 11.1 Å². The molecule has 0 bridgehead atoms. The lowest BCUT2D eigenvalue weighted by atomic mass is 10.00. The summed E-state index contributed by atoms with van der Waals surface area (Å²) in [5, 5.41) is 13.2. The van der Waals surface area contributed by atoms with Crippen molar-refractivity contribution >= 4 is 23.4 Å². The van der Waals surface area contributed by atoms with Crippen molar-refractivity contribution in [2.24, 2.45) is 5.92 Å². The standard InChI is InChI=1S/C27H37N5O3/c1-3-20-6-8-32(17-20)27(34)28-22-5-4-19(2)24(16-22)21-14-25(30-10-12-35-13-11-30)29-26(15-21)31-9-7-23(33)18-31/h4-5,14-16,20,23,33H,3,6-13,17-18H2,1-2H3,(H,28,34)/t20-,23+/m1/s1. The maximum Gasteiger partial charge on any atom is 0.321 e. The summed E-state index contributed by atoms with van der Waals surface area (Å²) in [5.74, 6) is 2.42. The van der Waals surface area contributed by atoms with E-state index in [2.05, 4.69) is 53.2 Å². The first kappa shape index (κ1) is 23.9. The highest BCUT2D eigenvalue weighted by atomic mass is 16.5. The molecular weight excluding hydrogens is 442 g/mol. The Morgan fingerprint density at radius 1 is 1.06 bits per heavy atom. The van der Waals surface area contributed by atoms with Gasteiger partial charge in [-0.2, -0.15) is 0 Å². The van der Waals surface area contributed by atoms with Gasteiger partial charge in [0.1, 0.15) is 11.6 Å². The number of aliphatic hydroxyl groups is 1. The maximum absolute atomic E-state index is 12.9. The number of nitrogens with one attached hydrogen (secondary N) is 1. The first-order chi connectivity index (χ1) is 17.0. The number of likely N-dealkylation sites (tertiary alicyclic amines) is 1. The number of carbonyl (C=O) groups excluding carboxylic acids is 1. The number of aliphatic hydroxyl groups excluding tert-OH is 1. The molecule has 0 saturated carbocycles. The molecule has 0 radical (unpaired) electrons. The third-order valence-corrected chi connectivity index (χ3v) is 7.57. The summed E-state index contributed by atoms with van der Waals surface area (Å²) in [4.78, 5) is 24.2. The molecule has 8 nitrogen and oxygen atoms in total. The van der Waals surface area contributed by atoms with Crippen LogP contribution in [-0.2, 0) is 4.74 Å². The minimum atomic E-state index is -0.314. The first-order valence-corrected chi connectivity index (χ1v) is 12.9. The van der Waals surface area contributed by atoms with Crippen LogP contribution in [0.2, 0.25) is 0 Å². The van der Waals surface area contributed by atoms with E-state index in [0.29, 0.717) is 25.7 Å². The lowest BCUT2D eigenvalue weighted by molar-refractivity contribution is 0.122.